The highest BCUT2D eigenvalue weighted by atomic mass is 19.4. The minimum absolute atomic E-state index is 0.0231. The largest absolute Gasteiger partial charge is 0.494 e. The molecule has 1 aliphatic carbocycles. The molecule has 2 aromatic heterocycles. The van der Waals surface area contributed by atoms with E-state index >= 15 is 0 Å². The number of piperidine rings is 2. The zero-order valence-corrected chi connectivity index (χ0v) is 34.2. The topological polar surface area (TPSA) is 142 Å². The second kappa shape index (κ2) is 18.4. The number of carbonyl (C=O) groups excluding carboxylic acids is 4. The van der Waals surface area contributed by atoms with Crippen molar-refractivity contribution in [2.75, 3.05) is 63.6 Å². The number of rotatable bonds is 12. The summed E-state index contributed by atoms with van der Waals surface area (Å²) in [5, 5.41) is 10.9. The fraction of sp³-hybridized carbons (Fsp3) is 0.500. The summed E-state index contributed by atoms with van der Waals surface area (Å²) in [5.74, 6) is 0.243. The first-order valence-electron chi connectivity index (χ1n) is 20.9. The number of hydrogen-bond acceptors (Lipinski definition) is 8. The summed E-state index contributed by atoms with van der Waals surface area (Å²) in [4.78, 5) is 59.4. The van der Waals surface area contributed by atoms with Gasteiger partial charge in [0.15, 0.2) is 0 Å². The molecular weight excluding hydrogens is 778 g/mol. The number of likely N-dealkylation sites (tertiary alicyclic amines) is 2. The van der Waals surface area contributed by atoms with Crippen molar-refractivity contribution in [3.05, 3.63) is 77.7 Å². The van der Waals surface area contributed by atoms with E-state index in [4.69, 9.17) is 9.84 Å². The van der Waals surface area contributed by atoms with Gasteiger partial charge in [-0.15, -0.1) is 0 Å². The van der Waals surface area contributed by atoms with E-state index in [1.54, 1.807) is 43.4 Å². The molecule has 0 bridgehead atoms. The Morgan fingerprint density at radius 1 is 0.967 bits per heavy atom. The number of fused-ring (bicyclic) bond motifs is 1. The Morgan fingerprint density at radius 3 is 2.38 bits per heavy atom. The molecule has 3 fully saturated rings. The molecule has 0 radical (unpaired) electrons. The first kappa shape index (κ1) is 42.6. The van der Waals surface area contributed by atoms with Crippen LogP contribution in [0.2, 0.25) is 0 Å². The van der Waals surface area contributed by atoms with Crippen LogP contribution in [0.1, 0.15) is 96.8 Å². The van der Waals surface area contributed by atoms with Gasteiger partial charge in [0.05, 0.1) is 24.4 Å². The summed E-state index contributed by atoms with van der Waals surface area (Å²) in [7, 11) is 3.00. The summed E-state index contributed by atoms with van der Waals surface area (Å²) in [6, 6.07) is 13.6. The van der Waals surface area contributed by atoms with Gasteiger partial charge in [-0.05, 0) is 112 Å². The zero-order chi connectivity index (χ0) is 42.4. The third-order valence-electron chi connectivity index (χ3n) is 12.8. The Kier molecular flexibility index (Phi) is 13.1. The van der Waals surface area contributed by atoms with Crippen molar-refractivity contribution in [3.8, 4) is 5.75 Å². The van der Waals surface area contributed by atoms with Crippen LogP contribution in [-0.2, 0) is 11.0 Å². The second-order valence-electron chi connectivity index (χ2n) is 16.4. The van der Waals surface area contributed by atoms with E-state index in [0.29, 0.717) is 39.5 Å². The van der Waals surface area contributed by atoms with E-state index < -0.39 is 17.8 Å². The summed E-state index contributed by atoms with van der Waals surface area (Å²) in [6.07, 6.45) is 8.18. The normalized spacial score (nSPS) is 17.7. The summed E-state index contributed by atoms with van der Waals surface area (Å²) in [5.41, 5.74) is 0.954. The monoisotopic (exact) mass is 830 g/mol. The van der Waals surface area contributed by atoms with E-state index in [9.17, 15) is 32.3 Å². The molecule has 2 aliphatic heterocycles. The summed E-state index contributed by atoms with van der Waals surface area (Å²) >= 11 is 0. The Morgan fingerprint density at radius 2 is 1.70 bits per heavy atom. The molecule has 7 rings (SSSR count). The number of aromatic nitrogens is 3. The van der Waals surface area contributed by atoms with Crippen LogP contribution >= 0.6 is 0 Å². The highest BCUT2D eigenvalue weighted by Gasteiger charge is 2.39. The van der Waals surface area contributed by atoms with Gasteiger partial charge in [0.2, 0.25) is 0 Å². The maximum Gasteiger partial charge on any atom is 0.433 e. The van der Waals surface area contributed by atoms with Gasteiger partial charge in [0.1, 0.15) is 23.4 Å². The van der Waals surface area contributed by atoms with Gasteiger partial charge in [-0.1, -0.05) is 12.1 Å². The van der Waals surface area contributed by atoms with Crippen molar-refractivity contribution in [1.29, 1.82) is 0 Å². The van der Waals surface area contributed by atoms with Crippen LogP contribution in [0.15, 0.2) is 60.8 Å². The molecule has 60 heavy (non-hydrogen) atoms. The average Bonchev–Trinajstić information content (AvgIpc) is 3.69. The number of nitrogens with one attached hydrogen (secondary N) is 2. The first-order chi connectivity index (χ1) is 28.9. The molecule has 16 heteroatoms. The number of halogens is 3. The molecule has 3 aliphatic rings. The molecule has 1 saturated carbocycles. The van der Waals surface area contributed by atoms with Crippen molar-refractivity contribution in [1.82, 2.24) is 29.9 Å². The number of amides is 4. The molecule has 13 nitrogen and oxygen atoms in total. The molecule has 320 valence electrons. The number of carbonyl (C=O) groups is 4. The highest BCUT2D eigenvalue weighted by Crippen LogP contribution is 2.47. The maximum absolute atomic E-state index is 13.6. The lowest BCUT2D eigenvalue weighted by Crippen LogP contribution is -2.45. The van der Waals surface area contributed by atoms with Gasteiger partial charge < -0.3 is 30.0 Å². The summed E-state index contributed by atoms with van der Waals surface area (Å²) < 4.78 is 47.0. The van der Waals surface area contributed by atoms with Crippen LogP contribution in [-0.4, -0.2) is 102 Å². The minimum atomic E-state index is -4.66. The number of aldehydes is 1. The zero-order valence-electron chi connectivity index (χ0n) is 34.2. The first-order valence-corrected chi connectivity index (χ1v) is 20.9. The number of hydrogen-bond donors (Lipinski definition) is 2. The number of methoxy groups -OCH3 is 1. The molecule has 4 aromatic rings. The van der Waals surface area contributed by atoms with Crippen LogP contribution in [0, 0.1) is 11.3 Å². The SMILES string of the molecule is CNC(=O)N(CCC=O)c1cccc(C(=O)N2CCC3(CCC(CCN4CCC(n5cc6cc(NC(=O)c7cccc(C(F)(F)F)n7)c(OC)cc6n5)CC4)CC3)CC2)c1. The van der Waals surface area contributed by atoms with E-state index in [0.717, 1.165) is 82.2 Å². The van der Waals surface area contributed by atoms with Crippen molar-refractivity contribution < 1.29 is 37.1 Å². The third-order valence-corrected chi connectivity index (χ3v) is 12.8. The fourth-order valence-electron chi connectivity index (χ4n) is 9.12. The lowest BCUT2D eigenvalue weighted by atomic mass is 9.65. The molecule has 1 spiro atoms. The molecule has 4 heterocycles. The number of ether oxygens (including phenoxy) is 1. The van der Waals surface area contributed by atoms with Crippen molar-refractivity contribution >= 4 is 46.4 Å². The third kappa shape index (κ3) is 9.75. The lowest BCUT2D eigenvalue weighted by Gasteiger charge is -2.46. The van der Waals surface area contributed by atoms with Gasteiger partial charge in [-0.2, -0.15) is 18.3 Å². The number of benzene rings is 2. The molecule has 2 N–H and O–H groups in total. The van der Waals surface area contributed by atoms with E-state index in [-0.39, 0.29) is 36.6 Å². The minimum Gasteiger partial charge on any atom is -0.494 e. The van der Waals surface area contributed by atoms with Crippen LogP contribution in [0.3, 0.4) is 0 Å². The number of anilines is 2. The van der Waals surface area contributed by atoms with Crippen LogP contribution in [0.4, 0.5) is 29.3 Å². The van der Waals surface area contributed by atoms with Gasteiger partial charge in [0.25, 0.3) is 11.8 Å². The van der Waals surface area contributed by atoms with Gasteiger partial charge in [0, 0.05) is 75.1 Å². The number of urea groups is 1. The highest BCUT2D eigenvalue weighted by molar-refractivity contribution is 6.05. The number of pyridine rings is 1. The molecule has 0 atom stereocenters. The van der Waals surface area contributed by atoms with Gasteiger partial charge in [-0.25, -0.2) is 9.78 Å². The van der Waals surface area contributed by atoms with E-state index in [1.807, 2.05) is 15.8 Å². The quantitative estimate of drug-likeness (QED) is 0.139. The predicted molar refractivity (Wildman–Crippen MR) is 221 cm³/mol. The Bertz CT molecular complexity index is 2170. The molecular formula is C44H53F3N8O5. The summed E-state index contributed by atoms with van der Waals surface area (Å²) in [6.45, 7) is 4.71. The van der Waals surface area contributed by atoms with Crippen LogP contribution in [0.5, 0.6) is 5.75 Å². The lowest BCUT2D eigenvalue weighted by molar-refractivity contribution is -0.141. The fourth-order valence-corrected chi connectivity index (χ4v) is 9.12. The molecule has 2 saturated heterocycles. The molecule has 4 amide bonds. The van der Waals surface area contributed by atoms with Crippen molar-refractivity contribution in [2.24, 2.45) is 11.3 Å². The maximum atomic E-state index is 13.6. The average molecular weight is 831 g/mol. The smallest absolute Gasteiger partial charge is 0.433 e. The predicted octanol–water partition coefficient (Wildman–Crippen LogP) is 7.59. The van der Waals surface area contributed by atoms with Crippen LogP contribution in [0.25, 0.3) is 10.9 Å². The van der Waals surface area contributed by atoms with Gasteiger partial charge in [-0.3, -0.25) is 19.2 Å². The van der Waals surface area contributed by atoms with Crippen molar-refractivity contribution in [3.63, 3.8) is 0 Å². The standard InChI is InChI=1S/C44H53F3N8O5/c1-48-42(59)54(19-5-25-56)34-7-3-6-31(26-34)41(58)53-23-17-43(18-24-53)15-10-30(11-16-43)12-20-52-21-13-33(14-22-52)55-29-32-27-37(38(60-2)28-36(32)51-55)50-40(57)35-8-4-9-39(49-35)44(45,46)47/h3-4,6-9,25-30,33H,5,10-24H2,1-2H3,(H,48,59)(H,50,57). The number of nitrogens with zero attached hydrogens (tertiary/aromatic N) is 6. The Hall–Kier alpha value is -5.51. The van der Waals surface area contributed by atoms with E-state index in [1.165, 1.54) is 50.2 Å². The Balaban J connectivity index is 0.857. The van der Waals surface area contributed by atoms with Crippen LogP contribution < -0.4 is 20.3 Å². The van der Waals surface area contributed by atoms with Gasteiger partial charge >= 0.3 is 12.2 Å². The van der Waals surface area contributed by atoms with E-state index in [2.05, 4.69) is 20.5 Å². The second-order valence-corrected chi connectivity index (χ2v) is 16.4. The molecule has 0 unspecified atom stereocenters. The van der Waals surface area contributed by atoms with Crippen molar-refractivity contribution in [2.45, 2.75) is 76.4 Å². The Labute approximate surface area is 347 Å². The number of alkyl halides is 3. The molecule has 2 aromatic carbocycles.